The van der Waals surface area contributed by atoms with E-state index >= 15 is 0 Å². The Morgan fingerprint density at radius 3 is 2.14 bits per heavy atom. The summed E-state index contributed by atoms with van der Waals surface area (Å²) in [6.45, 7) is 0. The largest absolute Gasteiger partial charge is 0.271 e. The normalized spacial score (nSPS) is 10.0. The molecule has 2 rings (SSSR count). The Bertz CT molecular complexity index is 690. The van der Waals surface area contributed by atoms with Gasteiger partial charge in [0, 0.05) is 15.1 Å². The minimum absolute atomic E-state index is 0.206. The van der Waals surface area contributed by atoms with Gasteiger partial charge in [-0.2, -0.15) is 0 Å². The highest BCUT2D eigenvalue weighted by Gasteiger charge is 2.12. The lowest BCUT2D eigenvalue weighted by Crippen LogP contribution is -2.41. The molecule has 108 valence electrons. The first-order valence-electron chi connectivity index (χ1n) is 5.78. The van der Waals surface area contributed by atoms with Gasteiger partial charge in [-0.25, -0.2) is 0 Å². The van der Waals surface area contributed by atoms with Crippen LogP contribution in [0.15, 0.2) is 46.9 Å². The van der Waals surface area contributed by atoms with E-state index in [2.05, 4.69) is 26.8 Å². The Balaban J connectivity index is 2.00. The summed E-state index contributed by atoms with van der Waals surface area (Å²) in [4.78, 5) is 23.7. The smallest absolute Gasteiger partial charge is 0.267 e. The molecule has 0 aliphatic carbocycles. The van der Waals surface area contributed by atoms with Gasteiger partial charge in [0.25, 0.3) is 11.8 Å². The molecule has 0 spiro atoms. The second-order valence-corrected chi connectivity index (χ2v) is 5.80. The molecular weight excluding hydrogens is 379 g/mol. The number of carbonyl (C=O) groups excluding carboxylic acids is 2. The van der Waals surface area contributed by atoms with Gasteiger partial charge < -0.3 is 0 Å². The molecule has 2 N–H and O–H groups in total. The van der Waals surface area contributed by atoms with E-state index in [1.54, 1.807) is 30.3 Å². The Morgan fingerprint density at radius 2 is 1.52 bits per heavy atom. The van der Waals surface area contributed by atoms with Crippen LogP contribution in [0.5, 0.6) is 0 Å². The van der Waals surface area contributed by atoms with Gasteiger partial charge in [0.2, 0.25) is 0 Å². The number of benzene rings is 2. The van der Waals surface area contributed by atoms with E-state index < -0.39 is 11.8 Å². The Morgan fingerprint density at radius 1 is 0.905 bits per heavy atom. The number of hydrogen-bond acceptors (Lipinski definition) is 2. The number of carbonyl (C=O) groups is 2. The topological polar surface area (TPSA) is 58.2 Å². The van der Waals surface area contributed by atoms with Gasteiger partial charge in [-0.05, 0) is 42.5 Å². The van der Waals surface area contributed by atoms with Crippen molar-refractivity contribution in [2.75, 3.05) is 0 Å². The van der Waals surface area contributed by atoms with Crippen molar-refractivity contribution < 1.29 is 9.59 Å². The van der Waals surface area contributed by atoms with Crippen LogP contribution in [-0.4, -0.2) is 11.8 Å². The molecule has 0 bridgehead atoms. The highest BCUT2D eigenvalue weighted by molar-refractivity contribution is 9.10. The van der Waals surface area contributed by atoms with Crippen LogP contribution >= 0.6 is 39.1 Å². The third-order valence-electron chi connectivity index (χ3n) is 2.57. The van der Waals surface area contributed by atoms with Gasteiger partial charge in [0.1, 0.15) is 0 Å². The van der Waals surface area contributed by atoms with Crippen LogP contribution in [0.2, 0.25) is 10.0 Å². The molecule has 2 amide bonds. The van der Waals surface area contributed by atoms with E-state index in [0.29, 0.717) is 10.6 Å². The molecular formula is C14H9BrCl2N2O2. The van der Waals surface area contributed by atoms with Crippen molar-refractivity contribution in [3.05, 3.63) is 68.1 Å². The molecule has 0 atom stereocenters. The molecule has 21 heavy (non-hydrogen) atoms. The molecule has 0 radical (unpaired) electrons. The second-order valence-electron chi connectivity index (χ2n) is 4.04. The Labute approximate surface area is 139 Å². The summed E-state index contributed by atoms with van der Waals surface area (Å²) in [5, 5.41) is 0.633. The summed E-state index contributed by atoms with van der Waals surface area (Å²) >= 11 is 14.9. The van der Waals surface area contributed by atoms with Crippen LogP contribution in [0, 0.1) is 0 Å². The summed E-state index contributed by atoms with van der Waals surface area (Å²) in [6.07, 6.45) is 0. The van der Waals surface area contributed by atoms with Crippen LogP contribution in [0.25, 0.3) is 0 Å². The maximum atomic E-state index is 11.9. The van der Waals surface area contributed by atoms with Crippen molar-refractivity contribution in [2.45, 2.75) is 0 Å². The fraction of sp³-hybridized carbons (Fsp3) is 0. The van der Waals surface area contributed by atoms with E-state index in [0.717, 1.165) is 4.47 Å². The maximum Gasteiger partial charge on any atom is 0.271 e. The van der Waals surface area contributed by atoms with Crippen LogP contribution in [0.4, 0.5) is 0 Å². The van der Waals surface area contributed by atoms with Crippen LogP contribution in [-0.2, 0) is 0 Å². The van der Waals surface area contributed by atoms with Crippen molar-refractivity contribution in [3.63, 3.8) is 0 Å². The van der Waals surface area contributed by atoms with E-state index in [1.807, 2.05) is 0 Å². The first-order valence-corrected chi connectivity index (χ1v) is 7.33. The molecule has 0 aliphatic rings. The first-order chi connectivity index (χ1) is 9.97. The van der Waals surface area contributed by atoms with Crippen molar-refractivity contribution in [3.8, 4) is 0 Å². The first kappa shape index (κ1) is 15.8. The molecule has 7 heteroatoms. The van der Waals surface area contributed by atoms with E-state index in [4.69, 9.17) is 23.2 Å². The SMILES string of the molecule is O=C(NNC(=O)c1ccc(Cl)cc1Cl)c1ccc(Br)cc1. The third kappa shape index (κ3) is 4.20. The van der Waals surface area contributed by atoms with Crippen LogP contribution in [0.3, 0.4) is 0 Å². The predicted molar refractivity (Wildman–Crippen MR) is 85.5 cm³/mol. The van der Waals surface area contributed by atoms with Crippen molar-refractivity contribution in [1.29, 1.82) is 0 Å². The molecule has 0 heterocycles. The highest BCUT2D eigenvalue weighted by atomic mass is 79.9. The summed E-state index contributed by atoms with van der Waals surface area (Å²) < 4.78 is 0.857. The van der Waals surface area contributed by atoms with Gasteiger partial charge >= 0.3 is 0 Å². The predicted octanol–water partition coefficient (Wildman–Crippen LogP) is 3.83. The van der Waals surface area contributed by atoms with Gasteiger partial charge in [0.05, 0.1) is 10.6 Å². The molecule has 2 aromatic rings. The van der Waals surface area contributed by atoms with E-state index in [1.165, 1.54) is 12.1 Å². The van der Waals surface area contributed by atoms with E-state index in [-0.39, 0.29) is 10.6 Å². The summed E-state index contributed by atoms with van der Waals surface area (Å²) in [5.74, 6) is -0.955. The van der Waals surface area contributed by atoms with Gasteiger partial charge in [-0.15, -0.1) is 0 Å². The molecule has 0 saturated heterocycles. The zero-order valence-electron chi connectivity index (χ0n) is 10.5. The Hall–Kier alpha value is -1.56. The third-order valence-corrected chi connectivity index (χ3v) is 3.65. The zero-order valence-corrected chi connectivity index (χ0v) is 13.6. The van der Waals surface area contributed by atoms with Crippen LogP contribution < -0.4 is 10.9 Å². The van der Waals surface area contributed by atoms with Crippen molar-refractivity contribution >= 4 is 50.9 Å². The highest BCUT2D eigenvalue weighted by Crippen LogP contribution is 2.20. The number of hydrazine groups is 1. The quantitative estimate of drug-likeness (QED) is 0.769. The average Bonchev–Trinajstić information content (AvgIpc) is 2.45. The van der Waals surface area contributed by atoms with Crippen LogP contribution in [0.1, 0.15) is 20.7 Å². The molecule has 4 nitrogen and oxygen atoms in total. The molecule has 0 saturated carbocycles. The Kier molecular flexibility index (Phi) is 5.22. The zero-order chi connectivity index (χ0) is 15.4. The van der Waals surface area contributed by atoms with Gasteiger partial charge in [0.15, 0.2) is 0 Å². The lowest BCUT2D eigenvalue weighted by molar-refractivity contribution is 0.0846. The number of hydrogen-bond donors (Lipinski definition) is 2. The fourth-order valence-corrected chi connectivity index (χ4v) is 2.29. The average molecular weight is 388 g/mol. The molecule has 0 aromatic heterocycles. The maximum absolute atomic E-state index is 11.9. The second kappa shape index (κ2) is 6.93. The van der Waals surface area contributed by atoms with Gasteiger partial charge in [-0.3, -0.25) is 20.4 Å². The summed E-state index contributed by atoms with van der Waals surface area (Å²) in [6, 6.07) is 11.2. The molecule has 0 unspecified atom stereocenters. The summed E-state index contributed by atoms with van der Waals surface area (Å²) in [7, 11) is 0. The standard InChI is InChI=1S/C14H9BrCl2N2O2/c15-9-3-1-8(2-4-9)13(20)18-19-14(21)11-6-5-10(16)7-12(11)17/h1-7H,(H,18,20)(H,19,21). The molecule has 2 aromatic carbocycles. The number of nitrogens with one attached hydrogen (secondary N) is 2. The lowest BCUT2D eigenvalue weighted by Gasteiger charge is -2.08. The van der Waals surface area contributed by atoms with Crippen molar-refractivity contribution in [1.82, 2.24) is 10.9 Å². The minimum Gasteiger partial charge on any atom is -0.267 e. The fourth-order valence-electron chi connectivity index (χ4n) is 1.53. The summed E-state index contributed by atoms with van der Waals surface area (Å²) in [5.41, 5.74) is 5.24. The molecule has 0 fully saturated rings. The number of rotatable bonds is 2. The number of halogens is 3. The van der Waals surface area contributed by atoms with Crippen molar-refractivity contribution in [2.24, 2.45) is 0 Å². The van der Waals surface area contributed by atoms with Gasteiger partial charge in [-0.1, -0.05) is 39.1 Å². The lowest BCUT2D eigenvalue weighted by atomic mass is 10.2. The molecule has 0 aliphatic heterocycles. The minimum atomic E-state index is -0.526. The van der Waals surface area contributed by atoms with E-state index in [9.17, 15) is 9.59 Å². The number of amides is 2. The monoisotopic (exact) mass is 386 g/mol.